The van der Waals surface area contributed by atoms with Gasteiger partial charge in [0.05, 0.1) is 0 Å². The van der Waals surface area contributed by atoms with Crippen LogP contribution in [0.1, 0.15) is 36.5 Å². The minimum atomic E-state index is 0.554. The van der Waals surface area contributed by atoms with Crippen LogP contribution in [0.25, 0.3) is 0 Å². The van der Waals surface area contributed by atoms with Crippen LogP contribution in [0.5, 0.6) is 0 Å². The molecule has 0 bridgehead atoms. The van der Waals surface area contributed by atoms with Crippen molar-refractivity contribution in [1.82, 2.24) is 4.90 Å². The smallest absolute Gasteiger partial charge is 0.0165 e. The predicted molar refractivity (Wildman–Crippen MR) is 101 cm³/mol. The summed E-state index contributed by atoms with van der Waals surface area (Å²) in [6, 6.07) is 20.3. The molecule has 1 saturated heterocycles. The summed E-state index contributed by atoms with van der Waals surface area (Å²) in [5.74, 6) is 2.08. The first-order valence-electron chi connectivity index (χ1n) is 9.21. The number of hydrogen-bond acceptors (Lipinski definition) is 1. The minimum Gasteiger partial charge on any atom is -0.299 e. The Labute approximate surface area is 146 Å². The Morgan fingerprint density at radius 1 is 1.00 bits per heavy atom. The Morgan fingerprint density at radius 3 is 2.54 bits per heavy atom. The summed E-state index contributed by atoms with van der Waals surface area (Å²) < 4.78 is 0. The van der Waals surface area contributed by atoms with Crippen LogP contribution in [-0.4, -0.2) is 24.5 Å². The fraction of sp³-hybridized carbons (Fsp3) is 0.391. The molecule has 24 heavy (non-hydrogen) atoms. The summed E-state index contributed by atoms with van der Waals surface area (Å²) in [6.45, 7) is 7.97. The van der Waals surface area contributed by atoms with Crippen molar-refractivity contribution in [2.75, 3.05) is 19.6 Å². The van der Waals surface area contributed by atoms with Gasteiger partial charge < -0.3 is 0 Å². The minimum absolute atomic E-state index is 0.554. The van der Waals surface area contributed by atoms with Gasteiger partial charge in [-0.2, -0.15) is 0 Å². The van der Waals surface area contributed by atoms with Gasteiger partial charge in [-0.25, -0.2) is 0 Å². The largest absolute Gasteiger partial charge is 0.299 e. The summed E-state index contributed by atoms with van der Waals surface area (Å²) >= 11 is 0. The lowest BCUT2D eigenvalue weighted by Crippen LogP contribution is -2.29. The Bertz CT molecular complexity index is 727. The second-order valence-corrected chi connectivity index (χ2v) is 7.72. The lowest BCUT2D eigenvalue weighted by molar-refractivity contribution is 0.345. The molecule has 1 aliphatic heterocycles. The summed E-state index contributed by atoms with van der Waals surface area (Å²) in [5, 5.41) is 0. The third-order valence-corrected chi connectivity index (χ3v) is 5.78. The Balaban J connectivity index is 1.68. The molecule has 1 nitrogen and oxygen atoms in total. The van der Waals surface area contributed by atoms with Gasteiger partial charge in [0, 0.05) is 25.6 Å². The van der Waals surface area contributed by atoms with Gasteiger partial charge in [-0.05, 0) is 48.8 Å². The van der Waals surface area contributed by atoms with Crippen molar-refractivity contribution in [2.24, 2.45) is 11.8 Å². The second-order valence-electron chi connectivity index (χ2n) is 7.72. The molecule has 2 aromatic carbocycles. The van der Waals surface area contributed by atoms with Crippen LogP contribution in [-0.2, 0) is 6.42 Å². The molecule has 0 aromatic heterocycles. The standard InChI is InChI=1S/C23H27N/c1-17(2)12-13-24-15-20-14-19-10-6-7-11-21(19)23(22(20)16-24)18-8-4-3-5-9-18/h3-12,20,22-23H,13-16H2,1-2H3. The van der Waals surface area contributed by atoms with Gasteiger partial charge in [-0.15, -0.1) is 0 Å². The molecule has 0 N–H and O–H groups in total. The summed E-state index contributed by atoms with van der Waals surface area (Å²) in [7, 11) is 0. The summed E-state index contributed by atoms with van der Waals surface area (Å²) in [4.78, 5) is 2.66. The molecule has 0 radical (unpaired) electrons. The van der Waals surface area contributed by atoms with Gasteiger partial charge in [0.2, 0.25) is 0 Å². The van der Waals surface area contributed by atoms with Gasteiger partial charge in [-0.1, -0.05) is 66.2 Å². The van der Waals surface area contributed by atoms with Crippen molar-refractivity contribution in [3.63, 3.8) is 0 Å². The quantitative estimate of drug-likeness (QED) is 0.729. The lowest BCUT2D eigenvalue weighted by Gasteiger charge is -2.35. The molecule has 3 atom stereocenters. The van der Waals surface area contributed by atoms with Crippen molar-refractivity contribution in [1.29, 1.82) is 0 Å². The van der Waals surface area contributed by atoms with E-state index >= 15 is 0 Å². The van der Waals surface area contributed by atoms with E-state index in [1.165, 1.54) is 30.6 Å². The van der Waals surface area contributed by atoms with E-state index in [-0.39, 0.29) is 0 Å². The van der Waals surface area contributed by atoms with Gasteiger partial charge in [0.25, 0.3) is 0 Å². The molecule has 124 valence electrons. The maximum Gasteiger partial charge on any atom is 0.0165 e. The van der Waals surface area contributed by atoms with E-state index in [1.807, 2.05) is 0 Å². The second kappa shape index (κ2) is 6.57. The summed E-state index contributed by atoms with van der Waals surface area (Å²) in [5.41, 5.74) is 6.04. The zero-order chi connectivity index (χ0) is 16.5. The molecule has 4 rings (SSSR count). The number of allylic oxidation sites excluding steroid dienone is 1. The normalized spacial score (nSPS) is 25.8. The third-order valence-electron chi connectivity index (χ3n) is 5.78. The van der Waals surface area contributed by atoms with Crippen molar-refractivity contribution >= 4 is 0 Å². The molecule has 3 unspecified atom stereocenters. The molecule has 0 spiro atoms. The molecule has 1 heterocycles. The van der Waals surface area contributed by atoms with Gasteiger partial charge >= 0.3 is 0 Å². The maximum atomic E-state index is 2.66. The average molecular weight is 317 g/mol. The number of fused-ring (bicyclic) bond motifs is 2. The molecule has 1 aliphatic carbocycles. The SMILES string of the molecule is CC(C)=CCN1CC2Cc3ccccc3C(c3ccccc3)C2C1. The zero-order valence-electron chi connectivity index (χ0n) is 14.8. The van der Waals surface area contributed by atoms with Gasteiger partial charge in [-0.3, -0.25) is 4.90 Å². The number of rotatable bonds is 3. The van der Waals surface area contributed by atoms with E-state index in [4.69, 9.17) is 0 Å². The highest BCUT2D eigenvalue weighted by atomic mass is 15.2. The Hall–Kier alpha value is -1.86. The topological polar surface area (TPSA) is 3.24 Å². The van der Waals surface area contributed by atoms with Crippen LogP contribution in [0.15, 0.2) is 66.2 Å². The number of nitrogens with zero attached hydrogens (tertiary/aromatic N) is 1. The Morgan fingerprint density at radius 2 is 1.75 bits per heavy atom. The van der Waals surface area contributed by atoms with Crippen LogP contribution in [0, 0.1) is 11.8 Å². The molecule has 1 fully saturated rings. The highest BCUT2D eigenvalue weighted by molar-refractivity contribution is 5.42. The highest BCUT2D eigenvalue weighted by Gasteiger charge is 2.42. The van der Waals surface area contributed by atoms with Crippen LogP contribution in [0.2, 0.25) is 0 Å². The Kier molecular flexibility index (Phi) is 4.28. The molecule has 2 aromatic rings. The van der Waals surface area contributed by atoms with E-state index in [0.29, 0.717) is 5.92 Å². The van der Waals surface area contributed by atoms with Crippen molar-refractivity contribution in [2.45, 2.75) is 26.2 Å². The van der Waals surface area contributed by atoms with Crippen molar-refractivity contribution < 1.29 is 0 Å². The first kappa shape index (κ1) is 15.7. The van der Waals surface area contributed by atoms with Crippen LogP contribution in [0.3, 0.4) is 0 Å². The first-order chi connectivity index (χ1) is 11.7. The fourth-order valence-electron chi connectivity index (χ4n) is 4.67. The van der Waals surface area contributed by atoms with Crippen molar-refractivity contribution in [3.8, 4) is 0 Å². The van der Waals surface area contributed by atoms with Crippen molar-refractivity contribution in [3.05, 3.63) is 82.9 Å². The van der Waals surface area contributed by atoms with Gasteiger partial charge in [0.15, 0.2) is 0 Å². The molecule has 1 heteroatoms. The molecular weight excluding hydrogens is 290 g/mol. The van der Waals surface area contributed by atoms with Crippen LogP contribution >= 0.6 is 0 Å². The molecule has 0 amide bonds. The molecule has 0 saturated carbocycles. The monoisotopic (exact) mass is 317 g/mol. The highest BCUT2D eigenvalue weighted by Crippen LogP contribution is 2.46. The number of likely N-dealkylation sites (tertiary alicyclic amines) is 1. The van der Waals surface area contributed by atoms with Crippen LogP contribution < -0.4 is 0 Å². The van der Waals surface area contributed by atoms with E-state index in [9.17, 15) is 0 Å². The lowest BCUT2D eigenvalue weighted by atomic mass is 9.68. The van der Waals surface area contributed by atoms with Crippen LogP contribution in [0.4, 0.5) is 0 Å². The number of hydrogen-bond donors (Lipinski definition) is 0. The summed E-state index contributed by atoms with van der Waals surface area (Å²) in [6.07, 6.45) is 3.62. The van der Waals surface area contributed by atoms with E-state index in [0.717, 1.165) is 18.4 Å². The van der Waals surface area contributed by atoms with Gasteiger partial charge in [0.1, 0.15) is 0 Å². The third kappa shape index (κ3) is 2.93. The number of benzene rings is 2. The van der Waals surface area contributed by atoms with E-state index < -0.39 is 0 Å². The predicted octanol–water partition coefficient (Wildman–Crippen LogP) is 4.89. The average Bonchev–Trinajstić information content (AvgIpc) is 3.01. The molecular formula is C23H27N. The zero-order valence-corrected chi connectivity index (χ0v) is 14.8. The van der Waals surface area contributed by atoms with E-state index in [1.54, 1.807) is 11.1 Å². The fourth-order valence-corrected chi connectivity index (χ4v) is 4.67. The van der Waals surface area contributed by atoms with E-state index in [2.05, 4.69) is 79.4 Å². The maximum absolute atomic E-state index is 2.66. The molecule has 2 aliphatic rings. The first-order valence-corrected chi connectivity index (χ1v) is 9.21.